The summed E-state index contributed by atoms with van der Waals surface area (Å²) in [6.45, 7) is 1.99. The number of hydrogen-bond acceptors (Lipinski definition) is 1. The Kier molecular flexibility index (Phi) is 3.18. The van der Waals surface area contributed by atoms with Gasteiger partial charge in [-0.15, -0.1) is 0 Å². The van der Waals surface area contributed by atoms with Gasteiger partial charge in [0.25, 0.3) is 5.91 Å². The van der Waals surface area contributed by atoms with Gasteiger partial charge in [0.05, 0.1) is 0 Å². The van der Waals surface area contributed by atoms with Gasteiger partial charge in [0.15, 0.2) is 0 Å². The fourth-order valence-corrected chi connectivity index (χ4v) is 2.98. The van der Waals surface area contributed by atoms with Crippen LogP contribution in [0.4, 0.5) is 0 Å². The molecule has 2 saturated carbocycles. The predicted octanol–water partition coefficient (Wildman–Crippen LogP) is 3.68. The van der Waals surface area contributed by atoms with Gasteiger partial charge in [-0.05, 0) is 62.1 Å². The number of nitrogens with one attached hydrogen (secondary N) is 1. The number of carbonyl (C=O) groups is 1. The molecule has 1 aromatic carbocycles. The van der Waals surface area contributed by atoms with E-state index in [4.69, 9.17) is 0 Å². The largest absolute Gasteiger partial charge is 0.349 e. The molecule has 2 fully saturated rings. The summed E-state index contributed by atoms with van der Waals surface area (Å²) in [6.07, 6.45) is 5.16. The highest BCUT2D eigenvalue weighted by atomic mass is 79.9. The lowest BCUT2D eigenvalue weighted by Gasteiger charge is -2.18. The first-order valence-corrected chi connectivity index (χ1v) is 7.52. The Labute approximate surface area is 116 Å². The SMILES string of the molecule is Cc1c(Br)cccc1C(=O)NC(C1CC1)C1CC1. The molecule has 18 heavy (non-hydrogen) atoms. The Balaban J connectivity index is 1.75. The molecular formula is C15H18BrNO. The Hall–Kier alpha value is -0.830. The molecule has 2 nitrogen and oxygen atoms in total. The fourth-order valence-electron chi connectivity index (χ4n) is 2.61. The van der Waals surface area contributed by atoms with Crippen molar-refractivity contribution in [1.29, 1.82) is 0 Å². The van der Waals surface area contributed by atoms with E-state index in [0.717, 1.165) is 27.4 Å². The third kappa shape index (κ3) is 2.46. The fraction of sp³-hybridized carbons (Fsp3) is 0.533. The van der Waals surface area contributed by atoms with E-state index in [9.17, 15) is 4.79 Å². The average molecular weight is 308 g/mol. The van der Waals surface area contributed by atoms with Gasteiger partial charge in [-0.2, -0.15) is 0 Å². The third-order valence-corrected chi connectivity index (χ3v) is 4.93. The van der Waals surface area contributed by atoms with Crippen LogP contribution >= 0.6 is 15.9 Å². The van der Waals surface area contributed by atoms with Crippen molar-refractivity contribution >= 4 is 21.8 Å². The average Bonchev–Trinajstić information content (AvgIpc) is 3.22. The highest BCUT2D eigenvalue weighted by Gasteiger charge is 2.42. The molecule has 0 atom stereocenters. The number of carbonyl (C=O) groups excluding carboxylic acids is 1. The van der Waals surface area contributed by atoms with E-state index in [1.165, 1.54) is 25.7 Å². The van der Waals surface area contributed by atoms with Gasteiger partial charge in [-0.3, -0.25) is 4.79 Å². The highest BCUT2D eigenvalue weighted by Crippen LogP contribution is 2.44. The van der Waals surface area contributed by atoms with Crippen molar-refractivity contribution in [3.05, 3.63) is 33.8 Å². The van der Waals surface area contributed by atoms with Crippen LogP contribution in [-0.2, 0) is 0 Å². The maximum atomic E-state index is 12.4. The number of halogens is 1. The van der Waals surface area contributed by atoms with Crippen LogP contribution < -0.4 is 5.32 Å². The second kappa shape index (κ2) is 4.69. The van der Waals surface area contributed by atoms with Crippen LogP contribution in [0.1, 0.15) is 41.6 Å². The molecule has 96 valence electrons. The van der Waals surface area contributed by atoms with Gasteiger partial charge < -0.3 is 5.32 Å². The second-order valence-corrected chi connectivity index (χ2v) is 6.44. The highest BCUT2D eigenvalue weighted by molar-refractivity contribution is 9.10. The Morgan fingerprint density at radius 2 is 1.89 bits per heavy atom. The molecule has 0 aliphatic heterocycles. The molecule has 0 radical (unpaired) electrons. The minimum atomic E-state index is 0.0950. The van der Waals surface area contributed by atoms with E-state index >= 15 is 0 Å². The standard InChI is InChI=1S/C15H18BrNO/c1-9-12(3-2-4-13(9)16)15(18)17-14(10-5-6-10)11-7-8-11/h2-4,10-11,14H,5-8H2,1H3,(H,17,18). The van der Waals surface area contributed by atoms with Crippen LogP contribution in [0, 0.1) is 18.8 Å². The van der Waals surface area contributed by atoms with Crippen LogP contribution in [0.3, 0.4) is 0 Å². The molecule has 0 aromatic heterocycles. The Bertz CT molecular complexity index is 465. The lowest BCUT2D eigenvalue weighted by atomic mass is 10.0. The lowest BCUT2D eigenvalue weighted by Crippen LogP contribution is -2.38. The van der Waals surface area contributed by atoms with Crippen molar-refractivity contribution in [1.82, 2.24) is 5.32 Å². The monoisotopic (exact) mass is 307 g/mol. The molecule has 0 bridgehead atoms. The van der Waals surface area contributed by atoms with Crippen molar-refractivity contribution in [2.75, 3.05) is 0 Å². The molecule has 2 aliphatic rings. The van der Waals surface area contributed by atoms with Crippen molar-refractivity contribution < 1.29 is 4.79 Å². The van der Waals surface area contributed by atoms with Crippen molar-refractivity contribution in [3.63, 3.8) is 0 Å². The van der Waals surface area contributed by atoms with Crippen molar-refractivity contribution in [2.24, 2.45) is 11.8 Å². The summed E-state index contributed by atoms with van der Waals surface area (Å²) in [5.74, 6) is 1.58. The van der Waals surface area contributed by atoms with Gasteiger partial charge in [0.1, 0.15) is 0 Å². The molecule has 0 heterocycles. The van der Waals surface area contributed by atoms with Gasteiger partial charge in [-0.25, -0.2) is 0 Å². The lowest BCUT2D eigenvalue weighted by molar-refractivity contribution is 0.0925. The molecule has 1 aromatic rings. The summed E-state index contributed by atoms with van der Waals surface area (Å²) < 4.78 is 1.00. The maximum absolute atomic E-state index is 12.4. The normalized spacial score (nSPS) is 19.1. The molecular weight excluding hydrogens is 290 g/mol. The second-order valence-electron chi connectivity index (χ2n) is 5.59. The Morgan fingerprint density at radius 3 is 2.44 bits per heavy atom. The smallest absolute Gasteiger partial charge is 0.251 e. The first kappa shape index (κ1) is 12.2. The topological polar surface area (TPSA) is 29.1 Å². The summed E-state index contributed by atoms with van der Waals surface area (Å²) in [5, 5.41) is 3.27. The van der Waals surface area contributed by atoms with Crippen molar-refractivity contribution in [2.45, 2.75) is 38.6 Å². The summed E-state index contributed by atoms with van der Waals surface area (Å²) in [4.78, 5) is 12.4. The van der Waals surface area contributed by atoms with Crippen molar-refractivity contribution in [3.8, 4) is 0 Å². The molecule has 1 N–H and O–H groups in total. The quantitative estimate of drug-likeness (QED) is 0.903. The molecule has 0 unspecified atom stereocenters. The third-order valence-electron chi connectivity index (χ3n) is 4.07. The number of amides is 1. The number of benzene rings is 1. The van der Waals surface area contributed by atoms with Crippen LogP contribution in [0.2, 0.25) is 0 Å². The van der Waals surface area contributed by atoms with Gasteiger partial charge in [-0.1, -0.05) is 22.0 Å². The first-order chi connectivity index (χ1) is 8.66. The summed E-state index contributed by atoms with van der Waals surface area (Å²) in [5.41, 5.74) is 1.83. The summed E-state index contributed by atoms with van der Waals surface area (Å²) in [7, 11) is 0. The van der Waals surface area contributed by atoms with E-state index in [1.807, 2.05) is 25.1 Å². The molecule has 1 amide bonds. The van der Waals surface area contributed by atoms with Gasteiger partial charge in [0.2, 0.25) is 0 Å². The van der Waals surface area contributed by atoms with Crippen LogP contribution in [0.5, 0.6) is 0 Å². The molecule has 3 heteroatoms. The minimum absolute atomic E-state index is 0.0950. The van der Waals surface area contributed by atoms with Crippen LogP contribution in [-0.4, -0.2) is 11.9 Å². The summed E-state index contributed by atoms with van der Waals surface area (Å²) >= 11 is 3.48. The van der Waals surface area contributed by atoms with E-state index in [1.54, 1.807) is 0 Å². The van der Waals surface area contributed by atoms with E-state index in [0.29, 0.717) is 6.04 Å². The maximum Gasteiger partial charge on any atom is 0.251 e. The van der Waals surface area contributed by atoms with Gasteiger partial charge >= 0.3 is 0 Å². The van der Waals surface area contributed by atoms with E-state index in [2.05, 4.69) is 21.2 Å². The minimum Gasteiger partial charge on any atom is -0.349 e. The molecule has 0 spiro atoms. The predicted molar refractivity (Wildman–Crippen MR) is 75.6 cm³/mol. The number of hydrogen-bond donors (Lipinski definition) is 1. The zero-order chi connectivity index (χ0) is 12.7. The van der Waals surface area contributed by atoms with Crippen LogP contribution in [0.15, 0.2) is 22.7 Å². The first-order valence-electron chi connectivity index (χ1n) is 6.73. The van der Waals surface area contributed by atoms with E-state index < -0.39 is 0 Å². The number of rotatable bonds is 4. The molecule has 3 rings (SSSR count). The molecule has 0 saturated heterocycles. The van der Waals surface area contributed by atoms with E-state index in [-0.39, 0.29) is 5.91 Å². The van der Waals surface area contributed by atoms with Gasteiger partial charge in [0, 0.05) is 16.1 Å². The Morgan fingerprint density at radius 1 is 1.28 bits per heavy atom. The zero-order valence-electron chi connectivity index (χ0n) is 10.6. The van der Waals surface area contributed by atoms with Crippen LogP contribution in [0.25, 0.3) is 0 Å². The zero-order valence-corrected chi connectivity index (χ0v) is 12.2. The molecule has 2 aliphatic carbocycles. The summed E-state index contributed by atoms with van der Waals surface area (Å²) in [6, 6.07) is 6.24.